The highest BCUT2D eigenvalue weighted by Gasteiger charge is 2.54. The minimum Gasteiger partial charge on any atom is -0.494 e. The molecule has 234 valence electrons. The molecule has 0 bridgehead atoms. The average molecular weight is 711 g/mol. The molecule has 4 aromatic rings. The number of rotatable bonds is 13. The summed E-state index contributed by atoms with van der Waals surface area (Å²) in [7, 11) is 0. The molecule has 4 aromatic carbocycles. The molecule has 10 heteroatoms. The molecule has 0 unspecified atom stereocenters. The number of amides is 1. The summed E-state index contributed by atoms with van der Waals surface area (Å²) in [5.41, 5.74) is 9.09. The Labute approximate surface area is 281 Å². The molecular formula is C35H34BrCl2N3O4. The predicted molar refractivity (Wildman–Crippen MR) is 182 cm³/mol. The highest BCUT2D eigenvalue weighted by atomic mass is 79.9. The minimum atomic E-state index is -1.44. The van der Waals surface area contributed by atoms with Crippen LogP contribution >= 0.6 is 39.1 Å². The first-order chi connectivity index (χ1) is 21.8. The number of carbonyl (C=O) groups excluding carboxylic acids is 1. The SMILES string of the molecule is Cc1ccc(CCNNC(=O)[C@@]2(Cc3ccccc3Br)N=C(c3ccc(OCCCO)cc3)O[C@H]2c2ccc(Cl)cc2Cl)cc1. The van der Waals surface area contributed by atoms with Crippen molar-refractivity contribution in [1.82, 2.24) is 10.9 Å². The van der Waals surface area contributed by atoms with E-state index in [1.54, 1.807) is 18.2 Å². The van der Waals surface area contributed by atoms with Crippen LogP contribution in [0.4, 0.5) is 0 Å². The molecule has 1 aliphatic heterocycles. The second kappa shape index (κ2) is 15.3. The molecule has 1 aliphatic rings. The van der Waals surface area contributed by atoms with Gasteiger partial charge < -0.3 is 14.6 Å². The third-order valence-electron chi connectivity index (χ3n) is 7.55. The van der Waals surface area contributed by atoms with E-state index >= 15 is 0 Å². The smallest absolute Gasteiger partial charge is 0.266 e. The van der Waals surface area contributed by atoms with E-state index in [1.807, 2.05) is 48.5 Å². The summed E-state index contributed by atoms with van der Waals surface area (Å²) < 4.78 is 13.1. The number of hydrogen-bond donors (Lipinski definition) is 3. The van der Waals surface area contributed by atoms with Gasteiger partial charge in [0.2, 0.25) is 5.90 Å². The minimum absolute atomic E-state index is 0.0554. The lowest BCUT2D eigenvalue weighted by molar-refractivity contribution is -0.130. The Morgan fingerprint density at radius 1 is 1.04 bits per heavy atom. The molecule has 3 N–H and O–H groups in total. The van der Waals surface area contributed by atoms with Crippen molar-refractivity contribution in [2.75, 3.05) is 19.8 Å². The van der Waals surface area contributed by atoms with Crippen molar-refractivity contribution in [2.24, 2.45) is 4.99 Å². The van der Waals surface area contributed by atoms with Gasteiger partial charge in [-0.2, -0.15) is 0 Å². The van der Waals surface area contributed by atoms with Gasteiger partial charge in [0.05, 0.1) is 6.61 Å². The fraction of sp³-hybridized carbons (Fsp3) is 0.257. The van der Waals surface area contributed by atoms with E-state index < -0.39 is 11.6 Å². The largest absolute Gasteiger partial charge is 0.494 e. The number of aliphatic hydroxyl groups excluding tert-OH is 1. The Kier molecular flexibility index (Phi) is 11.2. The van der Waals surface area contributed by atoms with Crippen LogP contribution in [0.5, 0.6) is 5.75 Å². The number of aliphatic hydroxyl groups is 1. The molecule has 1 amide bonds. The van der Waals surface area contributed by atoms with Gasteiger partial charge in [0.25, 0.3) is 5.91 Å². The Bertz CT molecular complexity index is 1650. The summed E-state index contributed by atoms with van der Waals surface area (Å²) in [5.74, 6) is 0.588. The first-order valence-electron chi connectivity index (χ1n) is 14.7. The van der Waals surface area contributed by atoms with Crippen molar-refractivity contribution >= 4 is 50.9 Å². The molecule has 0 aromatic heterocycles. The van der Waals surface area contributed by atoms with Crippen LogP contribution in [0, 0.1) is 6.92 Å². The summed E-state index contributed by atoms with van der Waals surface area (Å²) in [4.78, 5) is 19.4. The van der Waals surface area contributed by atoms with Crippen molar-refractivity contribution in [1.29, 1.82) is 0 Å². The van der Waals surface area contributed by atoms with E-state index in [9.17, 15) is 4.79 Å². The van der Waals surface area contributed by atoms with Crippen LogP contribution in [0.3, 0.4) is 0 Å². The lowest BCUT2D eigenvalue weighted by Crippen LogP contribution is -2.54. The standard InChI is InChI=1S/C35H34BrCl2N3O4/c1-23-7-9-24(10-8-23)17-18-39-41-34(43)35(22-26-5-2-3-6-30(26)36)32(29-16-13-27(37)21-31(29)38)45-33(40-35)25-11-14-28(15-12-25)44-20-4-19-42/h2-3,5-16,21,32,39,42H,4,17-20,22H2,1H3,(H,41,43)/t32-,35-/m0/s1. The lowest BCUT2D eigenvalue weighted by atomic mass is 9.82. The van der Waals surface area contributed by atoms with Gasteiger partial charge in [-0.3, -0.25) is 10.2 Å². The van der Waals surface area contributed by atoms with E-state index in [0.717, 1.165) is 22.0 Å². The van der Waals surface area contributed by atoms with Crippen LogP contribution < -0.4 is 15.6 Å². The number of halogens is 3. The molecule has 45 heavy (non-hydrogen) atoms. The maximum absolute atomic E-state index is 14.4. The van der Waals surface area contributed by atoms with Crippen LogP contribution in [0.25, 0.3) is 0 Å². The highest BCUT2D eigenvalue weighted by molar-refractivity contribution is 9.10. The molecular weight excluding hydrogens is 677 g/mol. The first-order valence-corrected chi connectivity index (χ1v) is 16.2. The fourth-order valence-electron chi connectivity index (χ4n) is 5.12. The van der Waals surface area contributed by atoms with E-state index in [1.165, 1.54) is 5.56 Å². The monoisotopic (exact) mass is 709 g/mol. The average Bonchev–Trinajstić information content (AvgIpc) is 3.42. The molecule has 0 spiro atoms. The summed E-state index contributed by atoms with van der Waals surface area (Å²) in [6.07, 6.45) is 0.605. The third kappa shape index (κ3) is 8.07. The van der Waals surface area contributed by atoms with Gasteiger partial charge in [-0.05, 0) is 66.9 Å². The van der Waals surface area contributed by atoms with Gasteiger partial charge >= 0.3 is 0 Å². The molecule has 7 nitrogen and oxygen atoms in total. The number of benzene rings is 4. The zero-order valence-electron chi connectivity index (χ0n) is 24.7. The molecule has 0 radical (unpaired) electrons. The quantitative estimate of drug-likeness (QED) is 0.101. The van der Waals surface area contributed by atoms with Gasteiger partial charge in [-0.1, -0.05) is 93.2 Å². The molecule has 5 rings (SSSR count). The molecule has 0 saturated carbocycles. The maximum atomic E-state index is 14.4. The van der Waals surface area contributed by atoms with Gasteiger partial charge in [0.1, 0.15) is 5.75 Å². The van der Waals surface area contributed by atoms with Crippen LogP contribution in [0.2, 0.25) is 10.0 Å². The van der Waals surface area contributed by atoms with Crippen molar-refractivity contribution in [3.8, 4) is 5.75 Å². The highest BCUT2D eigenvalue weighted by Crippen LogP contribution is 2.45. The van der Waals surface area contributed by atoms with Gasteiger partial charge in [-0.25, -0.2) is 10.4 Å². The van der Waals surface area contributed by atoms with E-state index in [-0.39, 0.29) is 18.9 Å². The Morgan fingerprint density at radius 2 is 1.80 bits per heavy atom. The fourth-order valence-corrected chi connectivity index (χ4v) is 6.05. The molecule has 2 atom stereocenters. The second-order valence-electron chi connectivity index (χ2n) is 10.8. The van der Waals surface area contributed by atoms with Crippen LogP contribution in [0.15, 0.2) is 100 Å². The van der Waals surface area contributed by atoms with Crippen LogP contribution in [-0.2, 0) is 22.4 Å². The Hall–Kier alpha value is -3.40. The number of hydrazine groups is 1. The third-order valence-corrected chi connectivity index (χ3v) is 8.89. The van der Waals surface area contributed by atoms with Gasteiger partial charge in [-0.15, -0.1) is 0 Å². The van der Waals surface area contributed by atoms with Gasteiger partial charge in [0.15, 0.2) is 11.6 Å². The number of nitrogens with zero attached hydrogens (tertiary/aromatic N) is 1. The number of ether oxygens (including phenoxy) is 2. The van der Waals surface area contributed by atoms with Crippen LogP contribution in [0.1, 0.15) is 40.3 Å². The summed E-state index contributed by atoms with van der Waals surface area (Å²) in [6.45, 7) is 3.02. The van der Waals surface area contributed by atoms with E-state index in [0.29, 0.717) is 52.4 Å². The number of nitrogens with one attached hydrogen (secondary N) is 2. The summed E-state index contributed by atoms with van der Waals surface area (Å²) in [5, 5.41) is 9.90. The van der Waals surface area contributed by atoms with E-state index in [2.05, 4.69) is 58.0 Å². The molecule has 0 fully saturated rings. The number of aryl methyl sites for hydroxylation is 1. The lowest BCUT2D eigenvalue weighted by Gasteiger charge is -2.31. The van der Waals surface area contributed by atoms with E-state index in [4.69, 9.17) is 42.8 Å². The second-order valence-corrected chi connectivity index (χ2v) is 12.5. The van der Waals surface area contributed by atoms with Crippen molar-refractivity contribution in [2.45, 2.75) is 37.8 Å². The normalized spacial score (nSPS) is 17.4. The molecule has 0 aliphatic carbocycles. The molecule has 1 heterocycles. The number of aliphatic imine (C=N–C) groups is 1. The summed E-state index contributed by atoms with van der Waals surface area (Å²) in [6, 6.07) is 28.5. The first kappa shape index (κ1) is 33.0. The Balaban J connectivity index is 1.50. The number of hydrogen-bond acceptors (Lipinski definition) is 6. The van der Waals surface area contributed by atoms with Crippen molar-refractivity contribution in [3.63, 3.8) is 0 Å². The topological polar surface area (TPSA) is 92.2 Å². The zero-order chi connectivity index (χ0) is 31.8. The number of carbonyl (C=O) groups is 1. The Morgan fingerprint density at radius 3 is 2.51 bits per heavy atom. The van der Waals surface area contributed by atoms with Crippen molar-refractivity contribution in [3.05, 3.63) is 133 Å². The zero-order valence-corrected chi connectivity index (χ0v) is 27.8. The maximum Gasteiger partial charge on any atom is 0.266 e. The van der Waals surface area contributed by atoms with Crippen molar-refractivity contribution < 1.29 is 19.4 Å². The molecule has 0 saturated heterocycles. The summed E-state index contributed by atoms with van der Waals surface area (Å²) >= 11 is 16.7. The van der Waals surface area contributed by atoms with Gasteiger partial charge in [0, 0.05) is 51.6 Å². The predicted octanol–water partition coefficient (Wildman–Crippen LogP) is 7.19. The van der Waals surface area contributed by atoms with Crippen LogP contribution in [-0.4, -0.2) is 42.2 Å².